The fourth-order valence-electron chi connectivity index (χ4n) is 1.32. The highest BCUT2D eigenvalue weighted by molar-refractivity contribution is 5.92. The Balaban J connectivity index is 4.93. The molecule has 0 aromatic heterocycles. The molecule has 16 heavy (non-hydrogen) atoms. The van der Waals surface area contributed by atoms with Gasteiger partial charge in [0, 0.05) is 12.8 Å². The molecule has 0 aliphatic rings. The lowest BCUT2D eigenvalue weighted by atomic mass is 9.85. The first-order chi connectivity index (χ1) is 7.25. The number of amides is 4. The van der Waals surface area contributed by atoms with Crippen LogP contribution in [0.4, 0.5) is 0 Å². The Kier molecular flexibility index (Phi) is 4.93. The van der Waals surface area contributed by atoms with Crippen LogP contribution in [0.3, 0.4) is 0 Å². The van der Waals surface area contributed by atoms with Gasteiger partial charge in [0.15, 0.2) is 0 Å². The van der Waals surface area contributed by atoms with Crippen LogP contribution < -0.4 is 22.9 Å². The minimum Gasteiger partial charge on any atom is -0.370 e. The Morgan fingerprint density at radius 1 is 0.688 bits per heavy atom. The quantitative estimate of drug-likeness (QED) is 0.363. The van der Waals surface area contributed by atoms with E-state index >= 15 is 0 Å². The van der Waals surface area contributed by atoms with E-state index in [-0.39, 0.29) is 0 Å². The van der Waals surface area contributed by atoms with Crippen molar-refractivity contribution in [2.75, 3.05) is 0 Å². The van der Waals surface area contributed by atoms with Crippen molar-refractivity contribution in [3.63, 3.8) is 0 Å². The third kappa shape index (κ3) is 4.40. The van der Waals surface area contributed by atoms with Crippen molar-refractivity contribution in [1.82, 2.24) is 0 Å². The monoisotopic (exact) mass is 230 g/mol. The smallest absolute Gasteiger partial charge is 0.221 e. The van der Waals surface area contributed by atoms with Gasteiger partial charge in [-0.25, -0.2) is 0 Å². The summed E-state index contributed by atoms with van der Waals surface area (Å²) in [6.45, 7) is 0. The SMILES string of the molecule is NC(=O)CC(C(N)=O)C(CC(N)=O)C(N)=O. The summed E-state index contributed by atoms with van der Waals surface area (Å²) in [6.07, 6.45) is -0.896. The van der Waals surface area contributed by atoms with Gasteiger partial charge in [0.25, 0.3) is 0 Å². The average Bonchev–Trinajstić information content (AvgIpc) is 2.09. The minimum atomic E-state index is -1.21. The van der Waals surface area contributed by atoms with Crippen LogP contribution in [0.2, 0.25) is 0 Å². The zero-order valence-corrected chi connectivity index (χ0v) is 8.51. The third-order valence-electron chi connectivity index (χ3n) is 2.06. The molecule has 0 spiro atoms. The summed E-state index contributed by atoms with van der Waals surface area (Å²) >= 11 is 0. The van der Waals surface area contributed by atoms with Gasteiger partial charge < -0.3 is 22.9 Å². The molecule has 0 heterocycles. The second kappa shape index (κ2) is 5.69. The van der Waals surface area contributed by atoms with Gasteiger partial charge in [-0.1, -0.05) is 0 Å². The zero-order chi connectivity index (χ0) is 12.9. The number of rotatable bonds is 7. The maximum Gasteiger partial charge on any atom is 0.221 e. The Morgan fingerprint density at radius 3 is 1.06 bits per heavy atom. The number of primary amides is 4. The normalized spacial score (nSPS) is 13.8. The average molecular weight is 230 g/mol. The highest BCUT2D eigenvalue weighted by atomic mass is 16.2. The topological polar surface area (TPSA) is 172 Å². The summed E-state index contributed by atoms with van der Waals surface area (Å²) in [5.41, 5.74) is 19.8. The number of carbonyl (C=O) groups is 4. The summed E-state index contributed by atoms with van der Waals surface area (Å²) in [4.78, 5) is 43.4. The van der Waals surface area contributed by atoms with E-state index in [1.54, 1.807) is 0 Å². The summed E-state index contributed by atoms with van der Waals surface area (Å²) in [5, 5.41) is 0. The molecule has 0 radical (unpaired) electrons. The molecule has 2 unspecified atom stereocenters. The van der Waals surface area contributed by atoms with Crippen LogP contribution in [0.25, 0.3) is 0 Å². The predicted molar refractivity (Wildman–Crippen MR) is 53.0 cm³/mol. The van der Waals surface area contributed by atoms with Crippen molar-refractivity contribution < 1.29 is 19.2 Å². The van der Waals surface area contributed by atoms with Crippen molar-refractivity contribution in [3.8, 4) is 0 Å². The third-order valence-corrected chi connectivity index (χ3v) is 2.06. The van der Waals surface area contributed by atoms with E-state index in [1.807, 2.05) is 0 Å². The Bertz CT molecular complexity index is 296. The molecule has 8 nitrogen and oxygen atoms in total. The standard InChI is InChI=1S/C8H14N4O4/c9-5(13)1-3(7(11)15)4(8(12)16)2-6(10)14/h3-4H,1-2H2,(H2,9,13)(H2,10,14)(H2,11,15)(H2,12,16). The molecular weight excluding hydrogens is 216 g/mol. The second-order valence-electron chi connectivity index (χ2n) is 3.36. The van der Waals surface area contributed by atoms with E-state index in [2.05, 4.69) is 0 Å². The van der Waals surface area contributed by atoms with Gasteiger partial charge in [-0.15, -0.1) is 0 Å². The van der Waals surface area contributed by atoms with E-state index in [0.717, 1.165) is 0 Å². The van der Waals surface area contributed by atoms with Gasteiger partial charge in [-0.05, 0) is 0 Å². The Labute approximate surface area is 91.3 Å². The lowest BCUT2D eigenvalue weighted by Gasteiger charge is -2.19. The molecule has 8 N–H and O–H groups in total. The lowest BCUT2D eigenvalue weighted by molar-refractivity contribution is -0.136. The summed E-state index contributed by atoms with van der Waals surface area (Å²) < 4.78 is 0. The van der Waals surface area contributed by atoms with Crippen LogP contribution >= 0.6 is 0 Å². The molecule has 2 atom stereocenters. The largest absolute Gasteiger partial charge is 0.370 e. The molecule has 0 aromatic carbocycles. The van der Waals surface area contributed by atoms with Crippen LogP contribution in [-0.4, -0.2) is 23.6 Å². The molecule has 90 valence electrons. The van der Waals surface area contributed by atoms with E-state index in [1.165, 1.54) is 0 Å². The van der Waals surface area contributed by atoms with Crippen LogP contribution in [0.5, 0.6) is 0 Å². The first-order valence-corrected chi connectivity index (χ1v) is 4.41. The van der Waals surface area contributed by atoms with E-state index in [4.69, 9.17) is 22.9 Å². The number of hydrogen-bond acceptors (Lipinski definition) is 4. The highest BCUT2D eigenvalue weighted by Gasteiger charge is 2.33. The molecule has 0 bridgehead atoms. The highest BCUT2D eigenvalue weighted by Crippen LogP contribution is 2.18. The number of hydrogen-bond donors (Lipinski definition) is 4. The fraction of sp³-hybridized carbons (Fsp3) is 0.500. The molecule has 0 aromatic rings. The molecule has 0 aliphatic carbocycles. The predicted octanol–water partition coefficient (Wildman–Crippen LogP) is -3.06. The van der Waals surface area contributed by atoms with Crippen LogP contribution in [0.1, 0.15) is 12.8 Å². The van der Waals surface area contributed by atoms with Crippen molar-refractivity contribution >= 4 is 23.6 Å². The molecule has 0 fully saturated rings. The maximum atomic E-state index is 11.0. The molecule has 0 aliphatic heterocycles. The molecule has 8 heteroatoms. The summed E-state index contributed by atoms with van der Waals surface area (Å²) in [7, 11) is 0. The van der Waals surface area contributed by atoms with Crippen LogP contribution in [0.15, 0.2) is 0 Å². The van der Waals surface area contributed by atoms with E-state index in [9.17, 15) is 19.2 Å². The maximum absolute atomic E-state index is 11.0. The molecular formula is C8H14N4O4. The van der Waals surface area contributed by atoms with Gasteiger partial charge >= 0.3 is 0 Å². The van der Waals surface area contributed by atoms with Gasteiger partial charge in [0.1, 0.15) is 0 Å². The number of carbonyl (C=O) groups excluding carboxylic acids is 4. The minimum absolute atomic E-state index is 0.448. The van der Waals surface area contributed by atoms with Crippen LogP contribution in [-0.2, 0) is 19.2 Å². The molecule has 0 saturated heterocycles. The van der Waals surface area contributed by atoms with E-state index in [0.29, 0.717) is 0 Å². The molecule has 0 rings (SSSR count). The Morgan fingerprint density at radius 2 is 0.938 bits per heavy atom. The van der Waals surface area contributed by atoms with Gasteiger partial charge in [0.05, 0.1) is 11.8 Å². The van der Waals surface area contributed by atoms with Gasteiger partial charge in [-0.3, -0.25) is 19.2 Å². The van der Waals surface area contributed by atoms with Gasteiger partial charge in [0.2, 0.25) is 23.6 Å². The number of nitrogens with two attached hydrogens (primary N) is 4. The second-order valence-corrected chi connectivity index (χ2v) is 3.36. The van der Waals surface area contributed by atoms with Crippen molar-refractivity contribution in [1.29, 1.82) is 0 Å². The van der Waals surface area contributed by atoms with Crippen molar-refractivity contribution in [2.24, 2.45) is 34.8 Å². The molecule has 0 saturated carbocycles. The van der Waals surface area contributed by atoms with Crippen LogP contribution in [0, 0.1) is 11.8 Å². The lowest BCUT2D eigenvalue weighted by Crippen LogP contribution is -2.41. The van der Waals surface area contributed by atoms with Gasteiger partial charge in [-0.2, -0.15) is 0 Å². The fourth-order valence-corrected chi connectivity index (χ4v) is 1.32. The Hall–Kier alpha value is -2.12. The summed E-state index contributed by atoms with van der Waals surface area (Å²) in [6, 6.07) is 0. The molecule has 4 amide bonds. The van der Waals surface area contributed by atoms with Crippen molar-refractivity contribution in [2.45, 2.75) is 12.8 Å². The first kappa shape index (κ1) is 13.9. The van der Waals surface area contributed by atoms with Crippen molar-refractivity contribution in [3.05, 3.63) is 0 Å². The zero-order valence-electron chi connectivity index (χ0n) is 8.51. The summed E-state index contributed by atoms with van der Waals surface area (Å²) in [5.74, 6) is -5.91. The van der Waals surface area contributed by atoms with E-state index < -0.39 is 48.3 Å². The first-order valence-electron chi connectivity index (χ1n) is 4.41.